The molecule has 0 aliphatic rings. The zero-order valence-corrected chi connectivity index (χ0v) is 9.59. The number of para-hydroxylation sites is 1. The summed E-state index contributed by atoms with van der Waals surface area (Å²) in [6, 6.07) is 7.50. The maximum Gasteiger partial charge on any atom is 0.234 e. The van der Waals surface area contributed by atoms with Crippen LogP contribution in [0.25, 0.3) is 0 Å². The van der Waals surface area contributed by atoms with Crippen molar-refractivity contribution in [1.29, 1.82) is 0 Å². The summed E-state index contributed by atoms with van der Waals surface area (Å²) >= 11 is 6.50. The summed E-state index contributed by atoms with van der Waals surface area (Å²) in [5.74, 6) is -0.0538. The highest BCUT2D eigenvalue weighted by molar-refractivity contribution is 9.11. The van der Waals surface area contributed by atoms with Crippen molar-refractivity contribution >= 4 is 43.7 Å². The fourth-order valence-electron chi connectivity index (χ4n) is 0.781. The van der Waals surface area contributed by atoms with Crippen molar-refractivity contribution < 1.29 is 4.79 Å². The minimum absolute atomic E-state index is 0.0538. The topological polar surface area (TPSA) is 20.3 Å². The minimum atomic E-state index is -0.0538. The lowest BCUT2D eigenvalue weighted by atomic mass is 10.3. The molecular formula is C8H7Br2NO. The highest BCUT2D eigenvalue weighted by Gasteiger charge is 2.09. The minimum Gasteiger partial charge on any atom is -0.274 e. The van der Waals surface area contributed by atoms with Gasteiger partial charge >= 0.3 is 0 Å². The molecule has 2 nitrogen and oxygen atoms in total. The molecule has 0 saturated heterocycles. The summed E-state index contributed by atoms with van der Waals surface area (Å²) < 4.78 is 2.30. The van der Waals surface area contributed by atoms with Gasteiger partial charge < -0.3 is 0 Å². The van der Waals surface area contributed by atoms with Crippen LogP contribution in [0.3, 0.4) is 0 Å². The molecule has 0 radical (unpaired) electrons. The zero-order chi connectivity index (χ0) is 9.14. The fraction of sp³-hybridized carbons (Fsp3) is 0.125. The van der Waals surface area contributed by atoms with E-state index in [1.165, 1.54) is 10.8 Å². The van der Waals surface area contributed by atoms with Crippen LogP contribution >= 0.6 is 32.1 Å². The molecule has 1 amide bonds. The number of benzene rings is 1. The standard InChI is InChI=1S/C8H7Br2NO/c1-6(12)11(10)8-5-3-2-4-7(8)9/h2-5H,1H3. The first-order valence-electron chi connectivity index (χ1n) is 3.34. The quantitative estimate of drug-likeness (QED) is 0.729. The second-order valence-corrected chi connectivity index (χ2v) is 3.81. The van der Waals surface area contributed by atoms with E-state index in [-0.39, 0.29) is 5.91 Å². The third kappa shape index (κ3) is 2.08. The van der Waals surface area contributed by atoms with Crippen LogP contribution in [-0.4, -0.2) is 5.91 Å². The van der Waals surface area contributed by atoms with E-state index < -0.39 is 0 Å². The number of amides is 1. The van der Waals surface area contributed by atoms with Crippen molar-refractivity contribution in [2.75, 3.05) is 3.93 Å². The molecule has 0 saturated carbocycles. The Balaban J connectivity index is 3.02. The van der Waals surface area contributed by atoms with Gasteiger partial charge in [0.2, 0.25) is 5.91 Å². The van der Waals surface area contributed by atoms with Crippen LogP contribution in [0, 0.1) is 0 Å². The van der Waals surface area contributed by atoms with Crippen molar-refractivity contribution in [2.45, 2.75) is 6.92 Å². The van der Waals surface area contributed by atoms with Crippen LogP contribution < -0.4 is 3.93 Å². The molecule has 64 valence electrons. The molecule has 0 spiro atoms. The summed E-state index contributed by atoms with van der Waals surface area (Å²) in [5, 5.41) is 0. The average Bonchev–Trinajstić information content (AvgIpc) is 2.04. The van der Waals surface area contributed by atoms with Gasteiger partial charge in [0.15, 0.2) is 0 Å². The Morgan fingerprint density at radius 2 is 2.00 bits per heavy atom. The third-order valence-corrected chi connectivity index (χ3v) is 2.89. The predicted octanol–water partition coefficient (Wildman–Crippen LogP) is 3.11. The van der Waals surface area contributed by atoms with Crippen LogP contribution in [0.15, 0.2) is 28.7 Å². The first-order valence-corrected chi connectivity index (χ1v) is 4.84. The van der Waals surface area contributed by atoms with Gasteiger partial charge in [0.25, 0.3) is 0 Å². The molecule has 0 bridgehead atoms. The van der Waals surface area contributed by atoms with Crippen LogP contribution in [-0.2, 0) is 4.79 Å². The Bertz CT molecular complexity index is 301. The van der Waals surface area contributed by atoms with Gasteiger partial charge in [-0.3, -0.25) is 4.79 Å². The number of carbonyl (C=O) groups excluding carboxylic acids is 1. The summed E-state index contributed by atoms with van der Waals surface area (Å²) in [5.41, 5.74) is 0.810. The van der Waals surface area contributed by atoms with Gasteiger partial charge in [0.05, 0.1) is 21.8 Å². The first kappa shape index (κ1) is 9.74. The van der Waals surface area contributed by atoms with E-state index in [1.54, 1.807) is 0 Å². The van der Waals surface area contributed by atoms with E-state index in [1.807, 2.05) is 24.3 Å². The van der Waals surface area contributed by atoms with Crippen LogP contribution in [0.1, 0.15) is 6.92 Å². The first-order chi connectivity index (χ1) is 5.63. The van der Waals surface area contributed by atoms with E-state index in [4.69, 9.17) is 0 Å². The second kappa shape index (κ2) is 4.05. The maximum absolute atomic E-state index is 11.0. The van der Waals surface area contributed by atoms with E-state index in [2.05, 4.69) is 32.1 Å². The lowest BCUT2D eigenvalue weighted by molar-refractivity contribution is -0.115. The SMILES string of the molecule is CC(=O)N(Br)c1ccccc1Br. The third-order valence-electron chi connectivity index (χ3n) is 1.34. The molecule has 1 aromatic carbocycles. The molecular weight excluding hydrogens is 286 g/mol. The van der Waals surface area contributed by atoms with Gasteiger partial charge in [0, 0.05) is 11.4 Å². The van der Waals surface area contributed by atoms with E-state index in [0.29, 0.717) is 0 Å². The fourth-order valence-corrected chi connectivity index (χ4v) is 1.79. The lowest BCUT2D eigenvalue weighted by Gasteiger charge is -2.12. The molecule has 0 heterocycles. The Morgan fingerprint density at radius 1 is 1.42 bits per heavy atom. The Hall–Kier alpha value is -0.350. The highest BCUT2D eigenvalue weighted by atomic mass is 79.9. The average molecular weight is 293 g/mol. The molecule has 0 N–H and O–H groups in total. The van der Waals surface area contributed by atoms with Crippen LogP contribution in [0.5, 0.6) is 0 Å². The second-order valence-electron chi connectivity index (χ2n) is 2.25. The molecule has 1 rings (SSSR count). The smallest absolute Gasteiger partial charge is 0.234 e. The number of hydrogen-bond acceptors (Lipinski definition) is 1. The monoisotopic (exact) mass is 291 g/mol. The predicted molar refractivity (Wildman–Crippen MR) is 56.2 cm³/mol. The maximum atomic E-state index is 11.0. The number of halogens is 2. The van der Waals surface area contributed by atoms with Gasteiger partial charge in [-0.05, 0) is 28.1 Å². The van der Waals surface area contributed by atoms with Crippen molar-refractivity contribution in [1.82, 2.24) is 0 Å². The molecule has 12 heavy (non-hydrogen) atoms. The van der Waals surface area contributed by atoms with Crippen molar-refractivity contribution in [3.05, 3.63) is 28.7 Å². The molecule has 0 fully saturated rings. The zero-order valence-electron chi connectivity index (χ0n) is 6.42. The van der Waals surface area contributed by atoms with E-state index >= 15 is 0 Å². The lowest BCUT2D eigenvalue weighted by Crippen LogP contribution is -2.15. The number of rotatable bonds is 1. The Kier molecular flexibility index (Phi) is 3.29. The summed E-state index contributed by atoms with van der Waals surface area (Å²) in [7, 11) is 0. The molecule has 0 aliphatic carbocycles. The Labute approximate surface area is 88.0 Å². The van der Waals surface area contributed by atoms with Gasteiger partial charge in [0.1, 0.15) is 0 Å². The number of nitrogens with zero attached hydrogens (tertiary/aromatic N) is 1. The molecule has 0 atom stereocenters. The van der Waals surface area contributed by atoms with Crippen LogP contribution in [0.2, 0.25) is 0 Å². The van der Waals surface area contributed by atoms with Gasteiger partial charge in [-0.15, -0.1) is 0 Å². The molecule has 0 unspecified atom stereocenters. The number of carbonyl (C=O) groups is 1. The number of anilines is 1. The molecule has 0 aromatic heterocycles. The van der Waals surface area contributed by atoms with Crippen LogP contribution in [0.4, 0.5) is 5.69 Å². The van der Waals surface area contributed by atoms with Gasteiger partial charge in [-0.1, -0.05) is 12.1 Å². The normalized spacial score (nSPS) is 9.58. The number of hydrogen-bond donors (Lipinski definition) is 0. The van der Waals surface area contributed by atoms with E-state index in [9.17, 15) is 4.79 Å². The summed E-state index contributed by atoms with van der Waals surface area (Å²) in [6.45, 7) is 1.49. The van der Waals surface area contributed by atoms with Gasteiger partial charge in [-0.2, -0.15) is 0 Å². The van der Waals surface area contributed by atoms with Crippen molar-refractivity contribution in [2.24, 2.45) is 0 Å². The largest absolute Gasteiger partial charge is 0.274 e. The van der Waals surface area contributed by atoms with Gasteiger partial charge in [-0.25, -0.2) is 3.93 Å². The van der Waals surface area contributed by atoms with Crippen molar-refractivity contribution in [3.8, 4) is 0 Å². The Morgan fingerprint density at radius 3 is 2.50 bits per heavy atom. The highest BCUT2D eigenvalue weighted by Crippen LogP contribution is 2.27. The van der Waals surface area contributed by atoms with E-state index in [0.717, 1.165) is 10.2 Å². The molecule has 1 aromatic rings. The van der Waals surface area contributed by atoms with Crippen molar-refractivity contribution in [3.63, 3.8) is 0 Å². The molecule has 4 heteroatoms. The summed E-state index contributed by atoms with van der Waals surface area (Å²) in [6.07, 6.45) is 0. The molecule has 0 aliphatic heterocycles. The summed E-state index contributed by atoms with van der Waals surface area (Å²) in [4.78, 5) is 11.0.